The summed E-state index contributed by atoms with van der Waals surface area (Å²) in [5, 5.41) is 8.82. The summed E-state index contributed by atoms with van der Waals surface area (Å²) in [6.45, 7) is 5.06. The number of pyridine rings is 1. The Bertz CT molecular complexity index is 764. The van der Waals surface area contributed by atoms with Crippen LogP contribution in [0.1, 0.15) is 11.1 Å². The Morgan fingerprint density at radius 1 is 1.17 bits per heavy atom. The third-order valence-corrected chi connectivity index (χ3v) is 4.45. The van der Waals surface area contributed by atoms with E-state index in [0.717, 1.165) is 42.0 Å². The van der Waals surface area contributed by atoms with Crippen LogP contribution in [0.4, 0.5) is 15.9 Å². The minimum Gasteiger partial charge on any atom is -0.366 e. The SMILES string of the molecule is Cc1cc(Br)cnc1N1CCN(c2ccc(C#N)cc2F)CC1. The number of hydrogen-bond acceptors (Lipinski definition) is 4. The highest BCUT2D eigenvalue weighted by molar-refractivity contribution is 9.10. The highest BCUT2D eigenvalue weighted by Crippen LogP contribution is 2.25. The van der Waals surface area contributed by atoms with Crippen molar-refractivity contribution in [1.29, 1.82) is 5.26 Å². The lowest BCUT2D eigenvalue weighted by atomic mass is 10.1. The molecule has 118 valence electrons. The summed E-state index contributed by atoms with van der Waals surface area (Å²) in [4.78, 5) is 8.73. The van der Waals surface area contributed by atoms with Gasteiger partial charge in [0.25, 0.3) is 0 Å². The zero-order valence-electron chi connectivity index (χ0n) is 12.8. The summed E-state index contributed by atoms with van der Waals surface area (Å²) in [6, 6.07) is 8.65. The largest absolute Gasteiger partial charge is 0.366 e. The third kappa shape index (κ3) is 3.30. The van der Waals surface area contributed by atoms with E-state index < -0.39 is 0 Å². The molecule has 2 heterocycles. The first-order valence-corrected chi connectivity index (χ1v) is 8.19. The topological polar surface area (TPSA) is 43.2 Å². The minimum absolute atomic E-state index is 0.338. The van der Waals surface area contributed by atoms with Crippen molar-refractivity contribution in [3.05, 3.63) is 51.9 Å². The van der Waals surface area contributed by atoms with Crippen LogP contribution in [0, 0.1) is 24.1 Å². The first kappa shape index (κ1) is 15.8. The summed E-state index contributed by atoms with van der Waals surface area (Å²) in [5.41, 5.74) is 2.03. The zero-order chi connectivity index (χ0) is 16.4. The molecule has 0 bridgehead atoms. The van der Waals surface area contributed by atoms with E-state index in [2.05, 4.69) is 31.9 Å². The number of piperazine rings is 1. The monoisotopic (exact) mass is 374 g/mol. The van der Waals surface area contributed by atoms with Gasteiger partial charge >= 0.3 is 0 Å². The summed E-state index contributed by atoms with van der Waals surface area (Å²) in [6.07, 6.45) is 1.80. The molecule has 1 aromatic carbocycles. The van der Waals surface area contributed by atoms with Crippen molar-refractivity contribution in [2.24, 2.45) is 0 Å². The third-order valence-electron chi connectivity index (χ3n) is 4.01. The van der Waals surface area contributed by atoms with Crippen molar-refractivity contribution < 1.29 is 4.39 Å². The number of aromatic nitrogens is 1. The smallest absolute Gasteiger partial charge is 0.147 e. The van der Waals surface area contributed by atoms with E-state index in [1.165, 1.54) is 6.07 Å². The normalized spacial score (nSPS) is 14.7. The van der Waals surface area contributed by atoms with Gasteiger partial charge in [-0.2, -0.15) is 5.26 Å². The summed E-state index contributed by atoms with van der Waals surface area (Å²) < 4.78 is 15.1. The molecule has 1 saturated heterocycles. The Morgan fingerprint density at radius 3 is 2.48 bits per heavy atom. The number of halogens is 2. The fourth-order valence-electron chi connectivity index (χ4n) is 2.86. The molecule has 1 fully saturated rings. The average molecular weight is 375 g/mol. The van der Waals surface area contributed by atoms with Gasteiger partial charge in [0.2, 0.25) is 0 Å². The number of aryl methyl sites for hydroxylation is 1. The van der Waals surface area contributed by atoms with E-state index in [1.807, 2.05) is 17.9 Å². The molecule has 2 aromatic rings. The van der Waals surface area contributed by atoms with Crippen molar-refractivity contribution >= 4 is 27.4 Å². The number of nitriles is 1. The van der Waals surface area contributed by atoms with Crippen molar-refractivity contribution in [2.45, 2.75) is 6.92 Å². The first-order chi connectivity index (χ1) is 11.1. The van der Waals surface area contributed by atoms with Crippen LogP contribution in [0.15, 0.2) is 34.9 Å². The Labute approximate surface area is 143 Å². The highest BCUT2D eigenvalue weighted by atomic mass is 79.9. The number of benzene rings is 1. The number of rotatable bonds is 2. The number of nitrogens with zero attached hydrogens (tertiary/aromatic N) is 4. The molecule has 3 rings (SSSR count). The van der Waals surface area contributed by atoms with Gasteiger partial charge in [0.1, 0.15) is 11.6 Å². The van der Waals surface area contributed by atoms with Crippen LogP contribution in [0.5, 0.6) is 0 Å². The van der Waals surface area contributed by atoms with Crippen molar-refractivity contribution in [3.8, 4) is 6.07 Å². The molecule has 1 aromatic heterocycles. The molecular weight excluding hydrogens is 359 g/mol. The second-order valence-electron chi connectivity index (χ2n) is 5.55. The maximum Gasteiger partial charge on any atom is 0.147 e. The van der Waals surface area contributed by atoms with Crippen molar-refractivity contribution in [2.75, 3.05) is 36.0 Å². The van der Waals surface area contributed by atoms with E-state index in [9.17, 15) is 4.39 Å². The second kappa shape index (κ2) is 6.55. The fourth-order valence-corrected chi connectivity index (χ4v) is 3.30. The summed E-state index contributed by atoms with van der Waals surface area (Å²) in [7, 11) is 0. The summed E-state index contributed by atoms with van der Waals surface area (Å²) >= 11 is 3.43. The molecule has 6 heteroatoms. The molecule has 1 aliphatic rings. The standard InChI is InChI=1S/C17H16BrFN4/c1-12-8-14(18)11-21-17(12)23-6-4-22(5-7-23)16-3-2-13(10-20)9-15(16)19/h2-3,8-9,11H,4-7H2,1H3. The molecule has 0 atom stereocenters. The highest BCUT2D eigenvalue weighted by Gasteiger charge is 2.21. The lowest BCUT2D eigenvalue weighted by molar-refractivity contribution is 0.595. The van der Waals surface area contributed by atoms with Crippen LogP contribution in [0.3, 0.4) is 0 Å². The molecule has 1 aliphatic heterocycles. The predicted molar refractivity (Wildman–Crippen MR) is 92.2 cm³/mol. The van der Waals surface area contributed by atoms with E-state index in [1.54, 1.807) is 18.3 Å². The lowest BCUT2D eigenvalue weighted by Crippen LogP contribution is -2.47. The van der Waals surface area contributed by atoms with Crippen LogP contribution < -0.4 is 9.80 Å². The van der Waals surface area contributed by atoms with Gasteiger partial charge in [0, 0.05) is 36.8 Å². The van der Waals surface area contributed by atoms with Crippen LogP contribution in [0.2, 0.25) is 0 Å². The van der Waals surface area contributed by atoms with Crippen LogP contribution >= 0.6 is 15.9 Å². The Morgan fingerprint density at radius 2 is 1.87 bits per heavy atom. The molecular formula is C17H16BrFN4. The molecule has 4 nitrogen and oxygen atoms in total. The van der Waals surface area contributed by atoms with Gasteiger partial charge in [0.15, 0.2) is 0 Å². The molecule has 0 spiro atoms. The molecule has 0 N–H and O–H groups in total. The van der Waals surface area contributed by atoms with Gasteiger partial charge in [0.05, 0.1) is 17.3 Å². The van der Waals surface area contributed by atoms with Crippen molar-refractivity contribution in [1.82, 2.24) is 4.98 Å². The van der Waals surface area contributed by atoms with Crippen LogP contribution in [0.25, 0.3) is 0 Å². The van der Waals surface area contributed by atoms with Gasteiger partial charge in [-0.05, 0) is 52.7 Å². The van der Waals surface area contributed by atoms with Gasteiger partial charge in [-0.3, -0.25) is 0 Å². The molecule has 0 radical (unpaired) electrons. The van der Waals surface area contributed by atoms with Crippen LogP contribution in [-0.4, -0.2) is 31.2 Å². The van der Waals surface area contributed by atoms with E-state index in [-0.39, 0.29) is 5.82 Å². The maximum atomic E-state index is 14.1. The van der Waals surface area contributed by atoms with Crippen molar-refractivity contribution in [3.63, 3.8) is 0 Å². The minimum atomic E-state index is -0.338. The Kier molecular flexibility index (Phi) is 4.49. The lowest BCUT2D eigenvalue weighted by Gasteiger charge is -2.37. The van der Waals surface area contributed by atoms with Gasteiger partial charge in [-0.15, -0.1) is 0 Å². The van der Waals surface area contributed by atoms with E-state index >= 15 is 0 Å². The average Bonchev–Trinajstić information content (AvgIpc) is 2.55. The number of anilines is 2. The molecule has 0 aliphatic carbocycles. The summed E-state index contributed by atoms with van der Waals surface area (Å²) in [5.74, 6) is 0.642. The van der Waals surface area contributed by atoms with E-state index in [4.69, 9.17) is 5.26 Å². The second-order valence-corrected chi connectivity index (χ2v) is 6.46. The number of hydrogen-bond donors (Lipinski definition) is 0. The Hall–Kier alpha value is -2.13. The van der Waals surface area contributed by atoms with Gasteiger partial charge in [-0.25, -0.2) is 9.37 Å². The molecule has 23 heavy (non-hydrogen) atoms. The quantitative estimate of drug-likeness (QED) is 0.806. The fraction of sp³-hybridized carbons (Fsp3) is 0.294. The zero-order valence-corrected chi connectivity index (χ0v) is 14.3. The maximum absolute atomic E-state index is 14.1. The van der Waals surface area contributed by atoms with Crippen LogP contribution in [-0.2, 0) is 0 Å². The Balaban J connectivity index is 1.72. The molecule has 0 unspecified atom stereocenters. The molecule has 0 amide bonds. The molecule has 0 saturated carbocycles. The first-order valence-electron chi connectivity index (χ1n) is 7.40. The predicted octanol–water partition coefficient (Wildman–Crippen LogP) is 3.49. The van der Waals surface area contributed by atoms with E-state index in [0.29, 0.717) is 11.3 Å². The van der Waals surface area contributed by atoms with Gasteiger partial charge in [-0.1, -0.05) is 0 Å². The van der Waals surface area contributed by atoms with Gasteiger partial charge < -0.3 is 9.80 Å².